The molecule has 2 aromatic rings. The van der Waals surface area contributed by atoms with E-state index in [0.717, 1.165) is 24.3 Å². The summed E-state index contributed by atoms with van der Waals surface area (Å²) in [5, 5.41) is 9.13. The molecule has 0 spiro atoms. The molecule has 126 valence electrons. The summed E-state index contributed by atoms with van der Waals surface area (Å²) in [5.74, 6) is -0.365. The van der Waals surface area contributed by atoms with Gasteiger partial charge in [-0.1, -0.05) is 18.2 Å². The van der Waals surface area contributed by atoms with E-state index in [1.165, 1.54) is 12.8 Å². The van der Waals surface area contributed by atoms with Crippen LogP contribution in [-0.2, 0) is 6.54 Å². The maximum Gasteiger partial charge on any atom is 0.277 e. The Balaban J connectivity index is 1.78. The molecule has 24 heavy (non-hydrogen) atoms. The van der Waals surface area contributed by atoms with Crippen LogP contribution in [0.4, 0.5) is 5.69 Å². The number of H-pyrrole nitrogens is 1. The van der Waals surface area contributed by atoms with E-state index in [-0.39, 0.29) is 11.5 Å². The van der Waals surface area contributed by atoms with Crippen LogP contribution in [0.3, 0.4) is 0 Å². The number of para-hydroxylation sites is 1. The quantitative estimate of drug-likeness (QED) is 0.900. The largest absolute Gasteiger partial charge is 0.371 e. The summed E-state index contributed by atoms with van der Waals surface area (Å²) < 4.78 is 0. The summed E-state index contributed by atoms with van der Waals surface area (Å²) in [5.41, 5.74) is 3.17. The summed E-state index contributed by atoms with van der Waals surface area (Å²) in [7, 11) is 0. The van der Waals surface area contributed by atoms with Crippen molar-refractivity contribution in [3.05, 3.63) is 57.0 Å². The predicted molar refractivity (Wildman–Crippen MR) is 93.4 cm³/mol. The topological polar surface area (TPSA) is 78.1 Å². The molecule has 6 nitrogen and oxygen atoms in total. The van der Waals surface area contributed by atoms with Crippen molar-refractivity contribution in [1.29, 1.82) is 0 Å². The van der Waals surface area contributed by atoms with Crippen molar-refractivity contribution in [1.82, 2.24) is 15.5 Å². The first-order valence-corrected chi connectivity index (χ1v) is 8.25. The monoisotopic (exact) mass is 326 g/mol. The van der Waals surface area contributed by atoms with Gasteiger partial charge in [-0.05, 0) is 43.9 Å². The zero-order valence-electron chi connectivity index (χ0n) is 14.1. The molecule has 1 aromatic carbocycles. The highest BCUT2D eigenvalue weighted by atomic mass is 16.2. The first-order valence-electron chi connectivity index (χ1n) is 8.25. The Kier molecular flexibility index (Phi) is 4.64. The molecule has 2 N–H and O–H groups in total. The molecule has 3 rings (SSSR count). The second-order valence-corrected chi connectivity index (χ2v) is 6.14. The number of aromatic nitrogens is 2. The number of hydrogen-bond donors (Lipinski definition) is 2. The van der Waals surface area contributed by atoms with Crippen LogP contribution in [-0.4, -0.2) is 29.2 Å². The highest BCUT2D eigenvalue weighted by Crippen LogP contribution is 2.24. The van der Waals surface area contributed by atoms with Crippen LogP contribution in [0.1, 0.15) is 40.0 Å². The van der Waals surface area contributed by atoms with Crippen molar-refractivity contribution in [3.63, 3.8) is 0 Å². The van der Waals surface area contributed by atoms with Crippen molar-refractivity contribution < 1.29 is 4.79 Å². The number of carbonyl (C=O) groups is 1. The van der Waals surface area contributed by atoms with Crippen molar-refractivity contribution in [2.75, 3.05) is 18.0 Å². The Morgan fingerprint density at radius 3 is 2.71 bits per heavy atom. The first-order chi connectivity index (χ1) is 11.6. The first kappa shape index (κ1) is 16.2. The molecule has 1 aromatic heterocycles. The Labute approximate surface area is 140 Å². The molecule has 2 heterocycles. The molecule has 6 heteroatoms. The van der Waals surface area contributed by atoms with Gasteiger partial charge in [0, 0.05) is 25.3 Å². The van der Waals surface area contributed by atoms with Crippen LogP contribution in [0.2, 0.25) is 0 Å². The highest BCUT2D eigenvalue weighted by molar-refractivity contribution is 5.95. The molecule has 0 atom stereocenters. The molecule has 1 saturated heterocycles. The minimum Gasteiger partial charge on any atom is -0.371 e. The second kappa shape index (κ2) is 6.86. The molecular weight excluding hydrogens is 304 g/mol. The van der Waals surface area contributed by atoms with Crippen LogP contribution < -0.4 is 15.8 Å². The lowest BCUT2D eigenvalue weighted by Crippen LogP contribution is -2.32. The summed E-state index contributed by atoms with van der Waals surface area (Å²) in [4.78, 5) is 26.7. The van der Waals surface area contributed by atoms with Gasteiger partial charge in [0.15, 0.2) is 0 Å². The summed E-state index contributed by atoms with van der Waals surface area (Å²) in [6, 6.07) is 8.08. The molecular formula is C18H22N4O2. The lowest BCUT2D eigenvalue weighted by molar-refractivity contribution is 0.0948. The maximum atomic E-state index is 12.5. The molecule has 0 bridgehead atoms. The average molecular weight is 326 g/mol. The number of rotatable bonds is 4. The van der Waals surface area contributed by atoms with Gasteiger partial charge in [-0.3, -0.25) is 9.59 Å². The number of nitrogens with one attached hydrogen (secondary N) is 2. The van der Waals surface area contributed by atoms with Crippen molar-refractivity contribution >= 4 is 11.6 Å². The zero-order chi connectivity index (χ0) is 17.1. The molecule has 1 fully saturated rings. The van der Waals surface area contributed by atoms with Crippen LogP contribution in [0.25, 0.3) is 0 Å². The molecule has 0 saturated carbocycles. The number of anilines is 1. The van der Waals surface area contributed by atoms with Crippen molar-refractivity contribution in [2.45, 2.75) is 33.2 Å². The molecule has 0 radical (unpaired) electrons. The van der Waals surface area contributed by atoms with Crippen molar-refractivity contribution in [2.24, 2.45) is 0 Å². The number of nitrogens with zero attached hydrogens (tertiary/aromatic N) is 2. The third kappa shape index (κ3) is 3.18. The third-order valence-electron chi connectivity index (χ3n) is 4.57. The number of aromatic amines is 1. The normalized spacial score (nSPS) is 14.0. The summed E-state index contributed by atoms with van der Waals surface area (Å²) in [6.45, 7) is 6.00. The van der Waals surface area contributed by atoms with Crippen LogP contribution in [0, 0.1) is 13.8 Å². The Morgan fingerprint density at radius 1 is 1.25 bits per heavy atom. The van der Waals surface area contributed by atoms with Gasteiger partial charge in [-0.25, -0.2) is 5.10 Å². The predicted octanol–water partition coefficient (Wildman–Crippen LogP) is 1.92. The lowest BCUT2D eigenvalue weighted by Gasteiger charge is -2.21. The second-order valence-electron chi connectivity index (χ2n) is 6.14. The lowest BCUT2D eigenvalue weighted by atomic mass is 10.1. The van der Waals surface area contributed by atoms with Gasteiger partial charge in [0.25, 0.3) is 11.5 Å². The molecule has 0 unspecified atom stereocenters. The van der Waals surface area contributed by atoms with Crippen LogP contribution >= 0.6 is 0 Å². The number of benzene rings is 1. The minimum absolute atomic E-state index is 0.140. The maximum absolute atomic E-state index is 12.5. The standard InChI is InChI=1S/C18H22N4O2/c1-12-13(2)20-21-18(24)16(12)17(23)19-11-14-7-3-4-8-15(14)22-9-5-6-10-22/h3-4,7-8H,5-6,9-11H2,1-2H3,(H,19,23)(H,21,24). The van der Waals surface area contributed by atoms with Crippen molar-refractivity contribution in [3.8, 4) is 0 Å². The summed E-state index contributed by atoms with van der Waals surface area (Å²) >= 11 is 0. The van der Waals surface area contributed by atoms with Gasteiger partial charge in [0.2, 0.25) is 0 Å². The molecule has 1 aliphatic heterocycles. The molecule has 0 aliphatic carbocycles. The van der Waals surface area contributed by atoms with Crippen LogP contribution in [0.15, 0.2) is 29.1 Å². The fraction of sp³-hybridized carbons (Fsp3) is 0.389. The fourth-order valence-corrected chi connectivity index (χ4v) is 3.09. The van der Waals surface area contributed by atoms with Gasteiger partial charge in [0.05, 0.1) is 5.69 Å². The Morgan fingerprint density at radius 2 is 1.96 bits per heavy atom. The Bertz CT molecular complexity index is 807. The van der Waals surface area contributed by atoms with E-state index in [1.54, 1.807) is 13.8 Å². The van der Waals surface area contributed by atoms with Gasteiger partial charge >= 0.3 is 0 Å². The van der Waals surface area contributed by atoms with E-state index < -0.39 is 5.56 Å². The SMILES string of the molecule is Cc1n[nH]c(=O)c(C(=O)NCc2ccccc2N2CCCC2)c1C. The van der Waals surface area contributed by atoms with E-state index in [0.29, 0.717) is 17.8 Å². The fourth-order valence-electron chi connectivity index (χ4n) is 3.09. The van der Waals surface area contributed by atoms with E-state index in [2.05, 4.69) is 26.5 Å². The highest BCUT2D eigenvalue weighted by Gasteiger charge is 2.18. The van der Waals surface area contributed by atoms with E-state index in [1.807, 2.05) is 18.2 Å². The number of aryl methyl sites for hydroxylation is 1. The van der Waals surface area contributed by atoms with Gasteiger partial charge < -0.3 is 10.2 Å². The number of amides is 1. The summed E-state index contributed by atoms with van der Waals surface area (Å²) in [6.07, 6.45) is 2.40. The smallest absolute Gasteiger partial charge is 0.277 e. The Hall–Kier alpha value is -2.63. The van der Waals surface area contributed by atoms with Gasteiger partial charge in [-0.2, -0.15) is 5.10 Å². The van der Waals surface area contributed by atoms with Gasteiger partial charge in [0.1, 0.15) is 5.56 Å². The van der Waals surface area contributed by atoms with Gasteiger partial charge in [-0.15, -0.1) is 0 Å². The van der Waals surface area contributed by atoms with E-state index in [4.69, 9.17) is 0 Å². The third-order valence-corrected chi connectivity index (χ3v) is 4.57. The van der Waals surface area contributed by atoms with Crippen LogP contribution in [0.5, 0.6) is 0 Å². The number of carbonyl (C=O) groups excluding carboxylic acids is 1. The van der Waals surface area contributed by atoms with E-state index >= 15 is 0 Å². The number of hydrogen-bond acceptors (Lipinski definition) is 4. The zero-order valence-corrected chi connectivity index (χ0v) is 14.1. The molecule has 1 amide bonds. The van der Waals surface area contributed by atoms with E-state index in [9.17, 15) is 9.59 Å². The minimum atomic E-state index is -0.455. The molecule has 1 aliphatic rings. The average Bonchev–Trinajstić information content (AvgIpc) is 3.11.